The van der Waals surface area contributed by atoms with Gasteiger partial charge in [0.25, 0.3) is 5.91 Å². The van der Waals surface area contributed by atoms with Gasteiger partial charge in [0.1, 0.15) is 5.75 Å². The van der Waals surface area contributed by atoms with Gasteiger partial charge in [-0.15, -0.1) is 11.3 Å². The maximum Gasteiger partial charge on any atom is 0.416 e. The molecular formula is C15H12F3N3O3S2. The molecule has 138 valence electrons. The molecule has 0 fully saturated rings. The number of sulfonamides is 1. The average Bonchev–Trinajstić information content (AvgIpc) is 3.06. The summed E-state index contributed by atoms with van der Waals surface area (Å²) in [5.41, 5.74) is 1.52. The van der Waals surface area contributed by atoms with Crippen molar-refractivity contribution in [3.05, 3.63) is 51.7 Å². The lowest BCUT2D eigenvalue weighted by atomic mass is 10.1. The minimum absolute atomic E-state index is 0.133. The van der Waals surface area contributed by atoms with Crippen LogP contribution in [0.15, 0.2) is 40.8 Å². The van der Waals surface area contributed by atoms with E-state index >= 15 is 0 Å². The van der Waals surface area contributed by atoms with E-state index in [-0.39, 0.29) is 11.3 Å². The summed E-state index contributed by atoms with van der Waals surface area (Å²) in [5.74, 6) is -1.28. The van der Waals surface area contributed by atoms with Crippen molar-refractivity contribution in [3.63, 3.8) is 0 Å². The molecule has 3 rings (SSSR count). The second-order valence-electron chi connectivity index (χ2n) is 5.44. The first-order valence-electron chi connectivity index (χ1n) is 7.18. The number of nitrogens with zero attached hydrogens (tertiary/aromatic N) is 2. The third-order valence-electron chi connectivity index (χ3n) is 3.73. The van der Waals surface area contributed by atoms with Gasteiger partial charge in [-0.2, -0.15) is 18.3 Å². The summed E-state index contributed by atoms with van der Waals surface area (Å²) in [6, 6.07) is 5.50. The molecule has 6 nitrogen and oxygen atoms in total. The van der Waals surface area contributed by atoms with Crippen LogP contribution in [0.25, 0.3) is 0 Å². The molecule has 1 aliphatic rings. The lowest BCUT2D eigenvalue weighted by Gasteiger charge is -2.25. The van der Waals surface area contributed by atoms with E-state index in [4.69, 9.17) is 0 Å². The second kappa shape index (κ2) is 6.40. The summed E-state index contributed by atoms with van der Waals surface area (Å²) < 4.78 is 63.6. The van der Waals surface area contributed by atoms with Crippen molar-refractivity contribution in [2.24, 2.45) is 5.10 Å². The molecule has 1 aliphatic heterocycles. The van der Waals surface area contributed by atoms with Gasteiger partial charge in [-0.25, -0.2) is 13.8 Å². The van der Waals surface area contributed by atoms with Gasteiger partial charge in [0.15, 0.2) is 0 Å². The molecular weight excluding hydrogens is 391 g/mol. The largest absolute Gasteiger partial charge is 0.416 e. The van der Waals surface area contributed by atoms with Gasteiger partial charge in [0.2, 0.25) is 10.0 Å². The van der Waals surface area contributed by atoms with E-state index in [2.05, 4.69) is 10.5 Å². The number of benzene rings is 1. The van der Waals surface area contributed by atoms with Crippen molar-refractivity contribution < 1.29 is 26.4 Å². The minimum atomic E-state index is -4.57. The molecule has 2 aromatic rings. The summed E-state index contributed by atoms with van der Waals surface area (Å²) in [6.07, 6.45) is -4.57. The van der Waals surface area contributed by atoms with E-state index in [1.54, 1.807) is 11.4 Å². The zero-order chi connectivity index (χ0) is 19.1. The van der Waals surface area contributed by atoms with Crippen molar-refractivity contribution in [2.75, 3.05) is 17.1 Å². The van der Waals surface area contributed by atoms with Gasteiger partial charge in [-0.05, 0) is 29.6 Å². The molecule has 0 spiro atoms. The predicted octanol–water partition coefficient (Wildman–Crippen LogP) is 2.68. The third-order valence-corrected chi connectivity index (χ3v) is 6.35. The van der Waals surface area contributed by atoms with Gasteiger partial charge in [-0.3, -0.25) is 9.10 Å². The smallest absolute Gasteiger partial charge is 0.271 e. The van der Waals surface area contributed by atoms with Crippen LogP contribution >= 0.6 is 11.3 Å². The number of carbonyl (C=O) groups is 1. The van der Waals surface area contributed by atoms with Crippen LogP contribution in [-0.4, -0.2) is 32.8 Å². The maximum atomic E-state index is 12.7. The Labute approximate surface area is 151 Å². The number of rotatable bonds is 2. The van der Waals surface area contributed by atoms with Gasteiger partial charge in [0.05, 0.1) is 21.8 Å². The highest BCUT2D eigenvalue weighted by Gasteiger charge is 2.33. The Kier molecular flexibility index (Phi) is 4.53. The fourth-order valence-corrected chi connectivity index (χ4v) is 4.62. The average molecular weight is 403 g/mol. The molecule has 0 radical (unpaired) electrons. The quantitative estimate of drug-likeness (QED) is 0.783. The fourth-order valence-electron chi connectivity index (χ4n) is 2.35. The van der Waals surface area contributed by atoms with Crippen molar-refractivity contribution in [2.45, 2.75) is 6.18 Å². The standard InChI is InChI=1S/C15H12F3N3O3S2/c1-21-12-5-6-25-13(12)11(8-26(21,23)24)19-20-14(22)9-3-2-4-10(7-9)15(16,17)18/h2-7H,8H2,1H3,(H,20,22)/b19-11+. The monoisotopic (exact) mass is 403 g/mol. The van der Waals surface area contributed by atoms with Crippen molar-refractivity contribution in [3.8, 4) is 0 Å². The SMILES string of the molecule is CN1c2ccsc2/C(=N/NC(=O)c2cccc(C(F)(F)F)c2)CS1(=O)=O. The van der Waals surface area contributed by atoms with Gasteiger partial charge in [0, 0.05) is 12.6 Å². The predicted molar refractivity (Wildman–Crippen MR) is 92.0 cm³/mol. The van der Waals surface area contributed by atoms with Crippen LogP contribution < -0.4 is 9.73 Å². The zero-order valence-corrected chi connectivity index (χ0v) is 14.9. The van der Waals surface area contributed by atoms with E-state index in [0.29, 0.717) is 16.6 Å². The van der Waals surface area contributed by atoms with Crippen LogP contribution in [0.3, 0.4) is 0 Å². The van der Waals surface area contributed by atoms with Crippen LogP contribution in [0.2, 0.25) is 0 Å². The number of amides is 1. The van der Waals surface area contributed by atoms with Crippen molar-refractivity contribution in [1.29, 1.82) is 0 Å². The molecule has 2 heterocycles. The number of carbonyl (C=O) groups excluding carboxylic acids is 1. The molecule has 26 heavy (non-hydrogen) atoms. The van der Waals surface area contributed by atoms with E-state index < -0.39 is 33.4 Å². The fraction of sp³-hybridized carbons (Fsp3) is 0.200. The Morgan fingerprint density at radius 3 is 2.73 bits per heavy atom. The first kappa shape index (κ1) is 18.4. The highest BCUT2D eigenvalue weighted by Crippen LogP contribution is 2.33. The van der Waals surface area contributed by atoms with Gasteiger partial charge < -0.3 is 0 Å². The Bertz CT molecular complexity index is 997. The molecule has 0 saturated heterocycles. The highest BCUT2D eigenvalue weighted by atomic mass is 32.2. The summed E-state index contributed by atoms with van der Waals surface area (Å²) in [6.45, 7) is 0. The molecule has 1 amide bonds. The van der Waals surface area contributed by atoms with Crippen LogP contribution in [0.5, 0.6) is 0 Å². The molecule has 11 heteroatoms. The first-order chi connectivity index (χ1) is 12.1. The van der Waals surface area contributed by atoms with Gasteiger partial charge >= 0.3 is 6.18 Å². The molecule has 1 aromatic heterocycles. The second-order valence-corrected chi connectivity index (χ2v) is 8.35. The Balaban J connectivity index is 1.87. The van der Waals surface area contributed by atoms with Crippen molar-refractivity contribution in [1.82, 2.24) is 5.43 Å². The summed E-state index contributed by atoms with van der Waals surface area (Å²) in [5, 5.41) is 5.52. The summed E-state index contributed by atoms with van der Waals surface area (Å²) >= 11 is 1.25. The number of hydrazone groups is 1. The first-order valence-corrected chi connectivity index (χ1v) is 9.67. The number of anilines is 1. The van der Waals surface area contributed by atoms with Crippen LogP contribution in [0.1, 0.15) is 20.8 Å². The number of thiophene rings is 1. The molecule has 0 bridgehead atoms. The molecule has 1 aromatic carbocycles. The third kappa shape index (κ3) is 3.44. The van der Waals surface area contributed by atoms with Crippen LogP contribution in [-0.2, 0) is 16.2 Å². The summed E-state index contributed by atoms with van der Waals surface area (Å²) in [7, 11) is -2.21. The van der Waals surface area contributed by atoms with Crippen LogP contribution in [0.4, 0.5) is 18.9 Å². The number of alkyl halides is 3. The highest BCUT2D eigenvalue weighted by molar-refractivity contribution is 7.93. The lowest BCUT2D eigenvalue weighted by molar-refractivity contribution is -0.137. The number of hydrogen-bond acceptors (Lipinski definition) is 5. The zero-order valence-electron chi connectivity index (χ0n) is 13.2. The van der Waals surface area contributed by atoms with E-state index in [0.717, 1.165) is 16.4 Å². The molecule has 1 N–H and O–H groups in total. The number of halogens is 3. The Hall–Kier alpha value is -2.40. The van der Waals surface area contributed by atoms with Crippen LogP contribution in [0, 0.1) is 0 Å². The topological polar surface area (TPSA) is 78.8 Å². The molecule has 0 saturated carbocycles. The van der Waals surface area contributed by atoms with Crippen molar-refractivity contribution >= 4 is 38.7 Å². The minimum Gasteiger partial charge on any atom is -0.271 e. The van der Waals surface area contributed by atoms with E-state index in [1.165, 1.54) is 24.5 Å². The number of nitrogens with one attached hydrogen (secondary N) is 1. The lowest BCUT2D eigenvalue weighted by Crippen LogP contribution is -2.38. The normalized spacial score (nSPS) is 17.8. The maximum absolute atomic E-state index is 12.7. The Morgan fingerprint density at radius 1 is 1.31 bits per heavy atom. The molecule has 0 atom stereocenters. The van der Waals surface area contributed by atoms with Gasteiger partial charge in [-0.1, -0.05) is 6.07 Å². The molecule has 0 aliphatic carbocycles. The number of hydrogen-bond donors (Lipinski definition) is 1. The Morgan fingerprint density at radius 2 is 2.04 bits per heavy atom. The summed E-state index contributed by atoms with van der Waals surface area (Å²) in [4.78, 5) is 12.7. The van der Waals surface area contributed by atoms with E-state index in [1.807, 2.05) is 0 Å². The number of fused-ring (bicyclic) bond motifs is 1. The molecule has 0 unspecified atom stereocenters. The van der Waals surface area contributed by atoms with E-state index in [9.17, 15) is 26.4 Å².